The van der Waals surface area contributed by atoms with E-state index >= 15 is 4.39 Å². The molecule has 2 aromatic heterocycles. The zero-order valence-corrected chi connectivity index (χ0v) is 41.1. The number of halogens is 3. The highest BCUT2D eigenvalue weighted by Gasteiger charge is 2.45. The van der Waals surface area contributed by atoms with Gasteiger partial charge in [-0.2, -0.15) is 4.73 Å². The number of benzene rings is 3. The Morgan fingerprint density at radius 1 is 1.03 bits per heavy atom. The Labute approximate surface area is 411 Å². The van der Waals surface area contributed by atoms with Gasteiger partial charge in [-0.1, -0.05) is 41.4 Å². The highest BCUT2D eigenvalue weighted by atomic mass is 35.5. The molecule has 69 heavy (non-hydrogen) atoms. The number of piperidine rings is 1. The van der Waals surface area contributed by atoms with E-state index in [4.69, 9.17) is 32.7 Å². The van der Waals surface area contributed by atoms with Gasteiger partial charge in [0.15, 0.2) is 11.9 Å². The molecule has 368 valence electrons. The van der Waals surface area contributed by atoms with E-state index in [1.54, 1.807) is 61.3 Å². The number of likely N-dealkylation sites (tertiary alicyclic amines) is 1. The summed E-state index contributed by atoms with van der Waals surface area (Å²) in [5, 5.41) is 28.9. The number of hydrogen-bond donors (Lipinski definition) is 3. The molecular formula is C50H59Cl2FN8O8. The fraction of sp³-hybridized carbons (Fsp3) is 0.400. The average molecular weight is 990 g/mol. The van der Waals surface area contributed by atoms with Crippen LogP contribution in [0.3, 0.4) is 0 Å². The Morgan fingerprint density at radius 2 is 1.75 bits per heavy atom. The van der Waals surface area contributed by atoms with Gasteiger partial charge in [0.2, 0.25) is 17.7 Å². The second kappa shape index (κ2) is 23.5. The van der Waals surface area contributed by atoms with Crippen LogP contribution in [0.25, 0.3) is 11.3 Å². The minimum atomic E-state index is -1.19. The van der Waals surface area contributed by atoms with Crippen LogP contribution in [0, 0.1) is 16.9 Å². The summed E-state index contributed by atoms with van der Waals surface area (Å²) in [6.07, 6.45) is 3.71. The number of likely N-dealkylation sites (N-methyl/N-ethyl adjacent to an activating group) is 1. The second-order valence-corrected chi connectivity index (χ2v) is 18.6. The van der Waals surface area contributed by atoms with E-state index < -0.39 is 59.5 Å². The molecule has 0 unspecified atom stereocenters. The fourth-order valence-electron chi connectivity index (χ4n) is 8.67. The minimum Gasteiger partial charge on any atom is -0.619 e. The van der Waals surface area contributed by atoms with Crippen molar-refractivity contribution in [1.29, 1.82) is 0 Å². The standard InChI is InChI=1S/C50H59Cl2FN8O8/c1-32(54-27-40-41(53)24-37(52)25-44(40)69-39-17-13-34(14-18-39)43-28-55-45(58(43)4)29-57(2)3)47(64)56-42(30-68-6)49(66)59(5)50(26-33-11-15-36(51)16-12-33)19-9-20-60(31-50)48(65)35(23-46(62)63)22-38-10-7-8-21-61(38)67/h7-8,10-18,21,24-25,28,32,35,42,54H,9,19-20,22-23,26-27,29-31H2,1-6H3,(H,56,64)(H,62,63)/t32-,35+,42-,50+/m0/s1. The van der Waals surface area contributed by atoms with Gasteiger partial charge >= 0.3 is 5.97 Å². The highest BCUT2D eigenvalue weighted by molar-refractivity contribution is 6.31. The van der Waals surface area contributed by atoms with Gasteiger partial charge in [-0.25, -0.2) is 9.37 Å². The van der Waals surface area contributed by atoms with Crippen LogP contribution in [0.2, 0.25) is 10.0 Å². The van der Waals surface area contributed by atoms with Gasteiger partial charge in [-0.05, 0) is 94.4 Å². The third kappa shape index (κ3) is 13.4. The highest BCUT2D eigenvalue weighted by Crippen LogP contribution is 2.35. The summed E-state index contributed by atoms with van der Waals surface area (Å²) in [6.45, 7) is 2.24. The Hall–Kier alpha value is -6.11. The van der Waals surface area contributed by atoms with E-state index in [0.29, 0.717) is 41.4 Å². The van der Waals surface area contributed by atoms with Gasteiger partial charge in [-0.3, -0.25) is 19.2 Å². The molecule has 16 nitrogen and oxygen atoms in total. The molecule has 1 aliphatic heterocycles. The Balaban J connectivity index is 1.17. The normalized spacial score (nSPS) is 16.2. The molecule has 0 saturated carbocycles. The van der Waals surface area contributed by atoms with Crippen molar-refractivity contribution in [2.45, 2.75) is 69.7 Å². The zero-order valence-electron chi connectivity index (χ0n) is 39.6. The van der Waals surface area contributed by atoms with E-state index in [1.807, 2.05) is 61.1 Å². The van der Waals surface area contributed by atoms with Crippen molar-refractivity contribution in [2.24, 2.45) is 13.0 Å². The van der Waals surface area contributed by atoms with Gasteiger partial charge in [-0.15, -0.1) is 0 Å². The second-order valence-electron chi connectivity index (χ2n) is 17.8. The predicted octanol–water partition coefficient (Wildman–Crippen LogP) is 6.03. The topological polar surface area (TPSA) is 186 Å². The van der Waals surface area contributed by atoms with Crippen molar-refractivity contribution in [3.05, 3.63) is 135 Å². The number of amides is 3. The van der Waals surface area contributed by atoms with Crippen LogP contribution in [0.4, 0.5) is 4.39 Å². The van der Waals surface area contributed by atoms with Gasteiger partial charge in [0.05, 0.1) is 49.0 Å². The lowest BCUT2D eigenvalue weighted by Gasteiger charge is -2.49. The minimum absolute atomic E-state index is 0.0358. The molecule has 1 fully saturated rings. The van der Waals surface area contributed by atoms with Crippen LogP contribution >= 0.6 is 23.2 Å². The lowest BCUT2D eigenvalue weighted by atomic mass is 9.80. The maximum absolute atomic E-state index is 15.6. The maximum Gasteiger partial charge on any atom is 0.304 e. The van der Waals surface area contributed by atoms with E-state index in [1.165, 1.54) is 24.3 Å². The van der Waals surface area contributed by atoms with E-state index in [9.17, 15) is 29.5 Å². The van der Waals surface area contributed by atoms with E-state index in [-0.39, 0.29) is 54.6 Å². The van der Waals surface area contributed by atoms with Crippen molar-refractivity contribution in [1.82, 2.24) is 34.9 Å². The third-order valence-electron chi connectivity index (χ3n) is 12.5. The summed E-state index contributed by atoms with van der Waals surface area (Å²) in [4.78, 5) is 64.6. The average Bonchev–Trinajstić information content (AvgIpc) is 3.67. The summed E-state index contributed by atoms with van der Waals surface area (Å²) >= 11 is 12.5. The molecule has 3 heterocycles. The van der Waals surface area contributed by atoms with Crippen LogP contribution in [-0.2, 0) is 56.9 Å². The number of nitrogens with one attached hydrogen (secondary N) is 2. The number of pyridine rings is 1. The van der Waals surface area contributed by atoms with Crippen LogP contribution in [0.1, 0.15) is 48.8 Å². The first-order valence-electron chi connectivity index (χ1n) is 22.5. The first-order valence-corrected chi connectivity index (χ1v) is 23.3. The number of carbonyl (C=O) groups excluding carboxylic acids is 3. The largest absolute Gasteiger partial charge is 0.619 e. The van der Waals surface area contributed by atoms with Crippen LogP contribution in [-0.4, -0.2) is 119 Å². The van der Waals surface area contributed by atoms with Crippen LogP contribution in [0.5, 0.6) is 11.5 Å². The molecule has 1 aliphatic rings. The quantitative estimate of drug-likeness (QED) is 0.0577. The number of rotatable bonds is 21. The van der Waals surface area contributed by atoms with E-state index in [0.717, 1.165) is 28.7 Å². The summed E-state index contributed by atoms with van der Waals surface area (Å²) in [6, 6.07) is 19.7. The number of ether oxygens (including phenoxy) is 2. The van der Waals surface area contributed by atoms with Crippen LogP contribution in [0.15, 0.2) is 91.3 Å². The first-order chi connectivity index (χ1) is 32.9. The molecule has 3 aromatic carbocycles. The molecule has 0 spiro atoms. The lowest BCUT2D eigenvalue weighted by molar-refractivity contribution is -0.614. The molecule has 0 radical (unpaired) electrons. The van der Waals surface area contributed by atoms with E-state index in [2.05, 4.69) is 15.6 Å². The Morgan fingerprint density at radius 3 is 2.42 bits per heavy atom. The molecule has 6 rings (SSSR count). The van der Waals surface area contributed by atoms with Crippen molar-refractivity contribution in [3.8, 4) is 22.8 Å². The molecule has 3 amide bonds. The lowest BCUT2D eigenvalue weighted by Crippen LogP contribution is -2.65. The smallest absolute Gasteiger partial charge is 0.304 e. The molecule has 0 aliphatic carbocycles. The third-order valence-corrected chi connectivity index (χ3v) is 12.9. The number of carbonyl (C=O) groups is 4. The summed E-state index contributed by atoms with van der Waals surface area (Å²) in [5.74, 6) is -2.94. The number of carboxylic acids is 1. The van der Waals surface area contributed by atoms with Crippen molar-refractivity contribution in [3.63, 3.8) is 0 Å². The van der Waals surface area contributed by atoms with Crippen molar-refractivity contribution < 1.29 is 42.9 Å². The molecular weight excluding hydrogens is 931 g/mol. The van der Waals surface area contributed by atoms with Gasteiger partial charge in [0.25, 0.3) is 0 Å². The first kappa shape index (κ1) is 52.3. The predicted molar refractivity (Wildman–Crippen MR) is 259 cm³/mol. The van der Waals surface area contributed by atoms with Gasteiger partial charge < -0.3 is 49.7 Å². The van der Waals surface area contributed by atoms with Crippen molar-refractivity contribution >= 4 is 46.9 Å². The Kier molecular flexibility index (Phi) is 17.8. The summed E-state index contributed by atoms with van der Waals surface area (Å²) in [5.41, 5.74) is 1.99. The fourth-order valence-corrected chi connectivity index (χ4v) is 8.99. The summed E-state index contributed by atoms with van der Waals surface area (Å²) in [7, 11) is 8.92. The Bertz CT molecular complexity index is 2600. The maximum atomic E-state index is 15.6. The van der Waals surface area contributed by atoms with Crippen LogP contribution < -0.4 is 20.1 Å². The number of aliphatic carboxylic acids is 1. The number of nitrogens with zero attached hydrogens (tertiary/aromatic N) is 6. The number of methoxy groups -OCH3 is 1. The summed E-state index contributed by atoms with van der Waals surface area (Å²) < 4.78 is 29.9. The number of aromatic nitrogens is 3. The van der Waals surface area contributed by atoms with Crippen molar-refractivity contribution in [2.75, 3.05) is 47.9 Å². The molecule has 1 saturated heterocycles. The number of imidazole rings is 1. The molecule has 3 N–H and O–H groups in total. The molecule has 4 atom stereocenters. The van der Waals surface area contributed by atoms with Gasteiger partial charge in [0, 0.05) is 80.6 Å². The molecule has 0 bridgehead atoms. The van der Waals surface area contributed by atoms with Gasteiger partial charge in [0.1, 0.15) is 29.2 Å². The number of hydrogen-bond acceptors (Lipinski definition) is 10. The monoisotopic (exact) mass is 988 g/mol. The molecule has 5 aromatic rings. The zero-order chi connectivity index (χ0) is 50.0. The number of carboxylic acid groups (broad SMARTS) is 1. The molecule has 19 heteroatoms. The SMILES string of the molecule is COC[C@H](NC(=O)[C@H](C)NCc1c(F)cc(Cl)cc1Oc1ccc(-c2cnc(CN(C)C)n2C)cc1)C(=O)N(C)[C@@]1(Cc2ccc(Cl)cc2)CCCN(C(=O)[C@@H](CC(=O)O)Cc2cccc[n+]2[O-])C1.